The largest absolute Gasteiger partial charge is 0.480 e. The highest BCUT2D eigenvalue weighted by atomic mass is 16.4. The van der Waals surface area contributed by atoms with Gasteiger partial charge in [0.1, 0.15) is 6.04 Å². The summed E-state index contributed by atoms with van der Waals surface area (Å²) in [5.74, 6) is -1.000. The molecule has 1 rings (SSSR count). The maximum absolute atomic E-state index is 11.7. The van der Waals surface area contributed by atoms with Crippen LogP contribution in [0.15, 0.2) is 0 Å². The minimum Gasteiger partial charge on any atom is -0.480 e. The number of unbranched alkanes of at least 4 members (excludes halogenated alkanes) is 1. The van der Waals surface area contributed by atoms with Gasteiger partial charge in [0.25, 0.3) is 0 Å². The number of carbonyl (C=O) groups excluding carboxylic acids is 1. The van der Waals surface area contributed by atoms with Crippen molar-refractivity contribution in [2.75, 3.05) is 6.54 Å². The first-order valence-corrected chi connectivity index (χ1v) is 8.90. The standard InChI is InChI=1S/C11H21N3O3.C4H11BO2.C2H2/c1-6(2)9(12)10(15)14-7-3-4-13-8(5-7)11(16)17;1-2-3-4-5(6)7;1-2/h6-9,13H,3-5,12H2,1-2H3,(H,14,15)(H,16,17);6-7H,2-4H2,1H3;1-2H/t7-,8+,9-;;/m0../s1. The molecule has 0 bridgehead atoms. The lowest BCUT2D eigenvalue weighted by Gasteiger charge is -2.29. The predicted molar refractivity (Wildman–Crippen MR) is 103 cm³/mol. The van der Waals surface area contributed by atoms with Crippen LogP contribution in [0.4, 0.5) is 0 Å². The van der Waals surface area contributed by atoms with Gasteiger partial charge >= 0.3 is 13.1 Å². The number of amides is 1. The molecule has 0 spiro atoms. The molecule has 1 amide bonds. The van der Waals surface area contributed by atoms with Crippen molar-refractivity contribution in [1.29, 1.82) is 0 Å². The van der Waals surface area contributed by atoms with E-state index in [-0.39, 0.29) is 17.9 Å². The van der Waals surface area contributed by atoms with Gasteiger partial charge in [-0.2, -0.15) is 0 Å². The highest BCUT2D eigenvalue weighted by Crippen LogP contribution is 2.10. The highest BCUT2D eigenvalue weighted by molar-refractivity contribution is 6.40. The fourth-order valence-corrected chi connectivity index (χ4v) is 2.22. The molecular weight excluding hydrogens is 337 g/mol. The zero-order valence-electron chi connectivity index (χ0n) is 16.0. The molecule has 1 aliphatic rings. The van der Waals surface area contributed by atoms with Gasteiger partial charge in [-0.05, 0) is 31.6 Å². The number of aliphatic carboxylic acids is 1. The average molecular weight is 371 g/mol. The third-order valence-corrected chi connectivity index (χ3v) is 3.89. The minimum atomic E-state index is -1.10. The van der Waals surface area contributed by atoms with Crippen LogP contribution in [0.2, 0.25) is 6.32 Å². The number of carboxylic acids is 1. The van der Waals surface area contributed by atoms with Crippen molar-refractivity contribution in [3.05, 3.63) is 0 Å². The van der Waals surface area contributed by atoms with Crippen molar-refractivity contribution in [2.24, 2.45) is 11.7 Å². The number of hydrogen-bond donors (Lipinski definition) is 6. The van der Waals surface area contributed by atoms with E-state index in [9.17, 15) is 9.59 Å². The van der Waals surface area contributed by atoms with Gasteiger partial charge in [0.05, 0.1) is 6.04 Å². The lowest BCUT2D eigenvalue weighted by atomic mass is 9.84. The van der Waals surface area contributed by atoms with Crippen molar-refractivity contribution in [1.82, 2.24) is 10.6 Å². The molecule has 1 aliphatic heterocycles. The molecule has 8 nitrogen and oxygen atoms in total. The SMILES string of the molecule is C#C.CC(C)[C@H](N)C(=O)N[C@H]1CCN[C@@H](C(=O)O)C1.CCCCB(O)O. The summed E-state index contributed by atoms with van der Waals surface area (Å²) in [7, 11) is -1.10. The number of piperidine rings is 1. The van der Waals surface area contributed by atoms with Gasteiger partial charge in [0, 0.05) is 6.04 Å². The lowest BCUT2D eigenvalue weighted by Crippen LogP contribution is -2.54. The first kappa shape index (κ1) is 26.6. The zero-order chi connectivity index (χ0) is 20.7. The molecule has 1 fully saturated rings. The van der Waals surface area contributed by atoms with E-state index >= 15 is 0 Å². The Kier molecular flexibility index (Phi) is 16.0. The molecular formula is C17H34BN3O5. The van der Waals surface area contributed by atoms with Crippen LogP contribution in [0.1, 0.15) is 46.5 Å². The number of nitrogens with two attached hydrogens (primary N) is 1. The van der Waals surface area contributed by atoms with Crippen molar-refractivity contribution < 1.29 is 24.7 Å². The molecule has 1 saturated heterocycles. The Morgan fingerprint density at radius 3 is 2.31 bits per heavy atom. The molecule has 0 aliphatic carbocycles. The van der Waals surface area contributed by atoms with Crippen LogP contribution in [-0.2, 0) is 9.59 Å². The number of hydrogen-bond acceptors (Lipinski definition) is 6. The van der Waals surface area contributed by atoms with E-state index in [0.717, 1.165) is 19.3 Å². The van der Waals surface area contributed by atoms with Crippen LogP contribution in [0.3, 0.4) is 0 Å². The van der Waals surface area contributed by atoms with Crippen molar-refractivity contribution in [2.45, 2.75) is 70.9 Å². The monoisotopic (exact) mass is 371 g/mol. The fourth-order valence-electron chi connectivity index (χ4n) is 2.22. The van der Waals surface area contributed by atoms with Gasteiger partial charge in [-0.1, -0.05) is 33.6 Å². The summed E-state index contributed by atoms with van der Waals surface area (Å²) in [4.78, 5) is 22.6. The van der Waals surface area contributed by atoms with Gasteiger partial charge < -0.3 is 31.5 Å². The van der Waals surface area contributed by atoms with E-state index in [0.29, 0.717) is 19.3 Å². The number of terminal acetylenes is 1. The van der Waals surface area contributed by atoms with Crippen LogP contribution in [-0.4, -0.2) is 58.8 Å². The van der Waals surface area contributed by atoms with Gasteiger partial charge in [0.2, 0.25) is 5.91 Å². The van der Waals surface area contributed by atoms with Crippen LogP contribution in [0.5, 0.6) is 0 Å². The van der Waals surface area contributed by atoms with Crippen LogP contribution in [0, 0.1) is 18.8 Å². The fraction of sp³-hybridized carbons (Fsp3) is 0.765. The van der Waals surface area contributed by atoms with E-state index in [1.165, 1.54) is 0 Å². The Labute approximate surface area is 157 Å². The number of carboxylic acid groups (broad SMARTS) is 1. The number of carbonyl (C=O) groups is 2. The second-order valence-electron chi connectivity index (χ2n) is 6.47. The summed E-state index contributed by atoms with van der Waals surface area (Å²) in [5.41, 5.74) is 5.73. The normalized spacial score (nSPS) is 19.9. The third kappa shape index (κ3) is 12.7. The van der Waals surface area contributed by atoms with E-state index in [1.54, 1.807) is 0 Å². The summed E-state index contributed by atoms with van der Waals surface area (Å²) in [6, 6.07) is -1.22. The molecule has 0 unspecified atom stereocenters. The summed E-state index contributed by atoms with van der Waals surface area (Å²) >= 11 is 0. The number of nitrogens with one attached hydrogen (secondary N) is 2. The van der Waals surface area contributed by atoms with Gasteiger partial charge in [-0.25, -0.2) is 0 Å². The quantitative estimate of drug-likeness (QED) is 0.268. The van der Waals surface area contributed by atoms with Crippen LogP contribution in [0.25, 0.3) is 0 Å². The Bertz CT molecular complexity index is 418. The maximum Gasteiger partial charge on any atom is 0.451 e. The van der Waals surface area contributed by atoms with Gasteiger partial charge in [0.15, 0.2) is 0 Å². The van der Waals surface area contributed by atoms with Crippen LogP contribution < -0.4 is 16.4 Å². The molecule has 150 valence electrons. The minimum absolute atomic E-state index is 0.0759. The van der Waals surface area contributed by atoms with E-state index < -0.39 is 25.2 Å². The molecule has 3 atom stereocenters. The van der Waals surface area contributed by atoms with E-state index in [4.69, 9.17) is 20.9 Å². The van der Waals surface area contributed by atoms with Crippen LogP contribution >= 0.6 is 0 Å². The van der Waals surface area contributed by atoms with Crippen molar-refractivity contribution >= 4 is 19.0 Å². The van der Waals surface area contributed by atoms with Crippen molar-refractivity contribution in [3.63, 3.8) is 0 Å². The predicted octanol–water partition coefficient (Wildman–Crippen LogP) is -0.200. The topological polar surface area (TPSA) is 145 Å². The Morgan fingerprint density at radius 1 is 1.35 bits per heavy atom. The lowest BCUT2D eigenvalue weighted by molar-refractivity contribution is -0.140. The van der Waals surface area contributed by atoms with E-state index in [2.05, 4.69) is 23.5 Å². The van der Waals surface area contributed by atoms with Gasteiger partial charge in [-0.15, -0.1) is 12.8 Å². The smallest absolute Gasteiger partial charge is 0.451 e. The Balaban J connectivity index is 0. The maximum atomic E-state index is 11.7. The first-order chi connectivity index (χ1) is 12.2. The summed E-state index contributed by atoms with van der Waals surface area (Å²) in [6.07, 6.45) is 11.6. The Morgan fingerprint density at radius 2 is 1.92 bits per heavy atom. The van der Waals surface area contributed by atoms with Gasteiger partial charge in [-0.3, -0.25) is 9.59 Å². The molecule has 9 heteroatoms. The van der Waals surface area contributed by atoms with E-state index in [1.807, 2.05) is 20.8 Å². The second-order valence-corrected chi connectivity index (χ2v) is 6.47. The highest BCUT2D eigenvalue weighted by Gasteiger charge is 2.28. The summed E-state index contributed by atoms with van der Waals surface area (Å²) in [5, 5.41) is 31.1. The first-order valence-electron chi connectivity index (χ1n) is 8.90. The summed E-state index contributed by atoms with van der Waals surface area (Å²) < 4.78 is 0. The molecule has 1 heterocycles. The Hall–Kier alpha value is -1.60. The third-order valence-electron chi connectivity index (χ3n) is 3.89. The molecule has 0 saturated carbocycles. The summed E-state index contributed by atoms with van der Waals surface area (Å²) in [6.45, 7) is 6.38. The molecule has 26 heavy (non-hydrogen) atoms. The zero-order valence-corrected chi connectivity index (χ0v) is 16.0. The second kappa shape index (κ2) is 15.6. The number of rotatable bonds is 7. The molecule has 0 aromatic carbocycles. The van der Waals surface area contributed by atoms with Crippen molar-refractivity contribution in [3.8, 4) is 12.8 Å². The average Bonchev–Trinajstić information content (AvgIpc) is 2.61. The molecule has 0 aromatic heterocycles. The molecule has 0 radical (unpaired) electrons. The molecule has 7 N–H and O–H groups in total. The molecule has 0 aromatic rings.